The van der Waals surface area contributed by atoms with Gasteiger partial charge in [-0.3, -0.25) is 4.72 Å². The summed E-state index contributed by atoms with van der Waals surface area (Å²) < 4.78 is 60.2. The van der Waals surface area contributed by atoms with Crippen molar-refractivity contribution in [1.82, 2.24) is 5.32 Å². The summed E-state index contributed by atoms with van der Waals surface area (Å²) in [5.41, 5.74) is 0.156. The fourth-order valence-electron chi connectivity index (χ4n) is 1.84. The number of alkyl halides is 2. The molecule has 0 amide bonds. The van der Waals surface area contributed by atoms with Crippen LogP contribution in [0.5, 0.6) is 11.5 Å². The van der Waals surface area contributed by atoms with E-state index < -0.39 is 16.3 Å². The molecule has 0 aromatic heterocycles. The van der Waals surface area contributed by atoms with E-state index in [0.717, 1.165) is 13.0 Å². The van der Waals surface area contributed by atoms with Crippen LogP contribution in [0, 0.1) is 0 Å². The van der Waals surface area contributed by atoms with Crippen molar-refractivity contribution in [3.63, 3.8) is 0 Å². The second kappa shape index (κ2) is 6.02. The Labute approximate surface area is 121 Å². The molecule has 2 rings (SSSR count). The Hall–Kier alpha value is -1.61. The molecular weight excluding hydrogens is 306 g/mol. The first kappa shape index (κ1) is 15.8. The summed E-state index contributed by atoms with van der Waals surface area (Å²) in [6, 6.07) is 3.74. The Bertz CT molecular complexity index is 607. The molecule has 6 nitrogen and oxygen atoms in total. The predicted molar refractivity (Wildman–Crippen MR) is 73.2 cm³/mol. The van der Waals surface area contributed by atoms with E-state index in [4.69, 9.17) is 0 Å². The van der Waals surface area contributed by atoms with Crippen molar-refractivity contribution in [3.8, 4) is 11.5 Å². The lowest BCUT2D eigenvalue weighted by atomic mass is 10.3. The molecule has 1 aromatic rings. The molecule has 0 bridgehead atoms. The van der Waals surface area contributed by atoms with E-state index in [1.54, 1.807) is 7.05 Å². The van der Waals surface area contributed by atoms with Crippen LogP contribution in [-0.4, -0.2) is 34.1 Å². The quantitative estimate of drug-likeness (QED) is 0.748. The molecule has 0 spiro atoms. The first-order valence-electron chi connectivity index (χ1n) is 6.36. The lowest BCUT2D eigenvalue weighted by Gasteiger charge is -2.08. The third kappa shape index (κ3) is 4.43. The van der Waals surface area contributed by atoms with E-state index in [9.17, 15) is 17.2 Å². The van der Waals surface area contributed by atoms with Crippen LogP contribution in [0.2, 0.25) is 0 Å². The maximum Gasteiger partial charge on any atom is 0.586 e. The predicted octanol–water partition coefficient (Wildman–Crippen LogP) is 1.75. The summed E-state index contributed by atoms with van der Waals surface area (Å²) in [7, 11) is -1.74. The Morgan fingerprint density at radius 2 is 1.90 bits per heavy atom. The van der Waals surface area contributed by atoms with Crippen molar-refractivity contribution >= 4 is 15.7 Å². The van der Waals surface area contributed by atoms with E-state index in [1.807, 2.05) is 0 Å². The number of hydrogen-bond donors (Lipinski definition) is 2. The molecule has 0 saturated carbocycles. The number of rotatable bonds is 7. The van der Waals surface area contributed by atoms with Crippen LogP contribution >= 0.6 is 0 Å². The maximum absolute atomic E-state index is 12.9. The van der Waals surface area contributed by atoms with E-state index in [1.165, 1.54) is 18.2 Å². The van der Waals surface area contributed by atoms with Crippen molar-refractivity contribution in [2.75, 3.05) is 24.1 Å². The monoisotopic (exact) mass is 322 g/mol. The second-order valence-corrected chi connectivity index (χ2v) is 6.40. The molecule has 0 saturated heterocycles. The minimum absolute atomic E-state index is 0.0424. The number of fused-ring (bicyclic) bond motifs is 1. The van der Waals surface area contributed by atoms with Gasteiger partial charge in [-0.2, -0.15) is 0 Å². The zero-order valence-electron chi connectivity index (χ0n) is 11.4. The summed E-state index contributed by atoms with van der Waals surface area (Å²) in [5.74, 6) is -0.369. The van der Waals surface area contributed by atoms with Crippen LogP contribution in [0.1, 0.15) is 12.8 Å². The van der Waals surface area contributed by atoms with Crippen LogP contribution in [-0.2, 0) is 10.0 Å². The highest BCUT2D eigenvalue weighted by atomic mass is 32.2. The van der Waals surface area contributed by atoms with Crippen LogP contribution in [0.25, 0.3) is 0 Å². The van der Waals surface area contributed by atoms with E-state index >= 15 is 0 Å². The Morgan fingerprint density at radius 1 is 1.19 bits per heavy atom. The summed E-state index contributed by atoms with van der Waals surface area (Å²) in [6.07, 6.45) is -2.49. The minimum Gasteiger partial charge on any atom is -0.395 e. The van der Waals surface area contributed by atoms with Crippen LogP contribution in [0.15, 0.2) is 18.2 Å². The molecule has 1 heterocycles. The Morgan fingerprint density at radius 3 is 2.62 bits per heavy atom. The largest absolute Gasteiger partial charge is 0.586 e. The second-order valence-electron chi connectivity index (χ2n) is 4.56. The fourth-order valence-corrected chi connectivity index (χ4v) is 3.01. The van der Waals surface area contributed by atoms with Gasteiger partial charge in [0, 0.05) is 6.07 Å². The number of hydrogen-bond acceptors (Lipinski definition) is 5. The molecule has 0 atom stereocenters. The molecule has 2 N–H and O–H groups in total. The van der Waals surface area contributed by atoms with E-state index in [-0.39, 0.29) is 22.9 Å². The van der Waals surface area contributed by atoms with Crippen molar-refractivity contribution in [1.29, 1.82) is 0 Å². The third-order valence-corrected chi connectivity index (χ3v) is 4.14. The van der Waals surface area contributed by atoms with Gasteiger partial charge in [0.25, 0.3) is 0 Å². The lowest BCUT2D eigenvalue weighted by Crippen LogP contribution is -2.25. The van der Waals surface area contributed by atoms with Crippen molar-refractivity contribution < 1.29 is 26.7 Å². The molecule has 1 aliphatic rings. The summed E-state index contributed by atoms with van der Waals surface area (Å²) in [4.78, 5) is 0. The molecule has 0 unspecified atom stereocenters. The molecule has 0 fully saturated rings. The van der Waals surface area contributed by atoms with Gasteiger partial charge < -0.3 is 14.8 Å². The van der Waals surface area contributed by atoms with E-state index in [2.05, 4.69) is 19.5 Å². The number of halogens is 2. The molecular formula is C12H16F2N2O4S. The van der Waals surface area contributed by atoms with Crippen molar-refractivity contribution in [2.45, 2.75) is 19.1 Å². The number of nitrogens with one attached hydrogen (secondary N) is 2. The van der Waals surface area contributed by atoms with Gasteiger partial charge in [0.2, 0.25) is 10.0 Å². The number of ether oxygens (including phenoxy) is 2. The molecule has 21 heavy (non-hydrogen) atoms. The first-order valence-corrected chi connectivity index (χ1v) is 8.01. The molecule has 9 heteroatoms. The van der Waals surface area contributed by atoms with Gasteiger partial charge in [-0.1, -0.05) is 0 Å². The number of unbranched alkanes of at least 4 members (excludes halogenated alkanes) is 1. The summed E-state index contributed by atoms with van der Waals surface area (Å²) in [6.45, 7) is 0.731. The zero-order chi connectivity index (χ0) is 15.5. The summed E-state index contributed by atoms with van der Waals surface area (Å²) in [5, 5.41) is 2.92. The van der Waals surface area contributed by atoms with Gasteiger partial charge >= 0.3 is 6.29 Å². The van der Waals surface area contributed by atoms with Crippen molar-refractivity contribution in [2.24, 2.45) is 0 Å². The average Bonchev–Trinajstić information content (AvgIpc) is 2.67. The van der Waals surface area contributed by atoms with E-state index in [0.29, 0.717) is 6.42 Å². The smallest absolute Gasteiger partial charge is 0.395 e. The van der Waals surface area contributed by atoms with Gasteiger partial charge in [0.15, 0.2) is 11.5 Å². The maximum atomic E-state index is 12.9. The topological polar surface area (TPSA) is 76.7 Å². The van der Waals surface area contributed by atoms with Crippen LogP contribution in [0.3, 0.4) is 0 Å². The lowest BCUT2D eigenvalue weighted by molar-refractivity contribution is -0.286. The van der Waals surface area contributed by atoms with Gasteiger partial charge in [-0.15, -0.1) is 8.78 Å². The normalized spacial score (nSPS) is 16.0. The standard InChI is InChI=1S/C12H16F2N2O4S/c1-15-6-2-3-7-21(17,18)16-9-4-5-10-11(8-9)20-12(13,14)19-10/h4-5,8,15-16H,2-3,6-7H2,1H3. The van der Waals surface area contributed by atoms with Gasteiger partial charge in [0.1, 0.15) is 0 Å². The van der Waals surface area contributed by atoms with Crippen LogP contribution in [0.4, 0.5) is 14.5 Å². The Kier molecular flexibility index (Phi) is 4.52. The Balaban J connectivity index is 1.98. The van der Waals surface area contributed by atoms with Gasteiger partial charge in [0.05, 0.1) is 11.4 Å². The number of anilines is 1. The highest BCUT2D eigenvalue weighted by molar-refractivity contribution is 7.92. The number of sulfonamides is 1. The number of benzene rings is 1. The fraction of sp³-hybridized carbons (Fsp3) is 0.500. The molecule has 0 aliphatic carbocycles. The summed E-state index contributed by atoms with van der Waals surface area (Å²) >= 11 is 0. The highest BCUT2D eigenvalue weighted by Gasteiger charge is 2.43. The van der Waals surface area contributed by atoms with Crippen LogP contribution < -0.4 is 19.5 Å². The average molecular weight is 322 g/mol. The van der Waals surface area contributed by atoms with Gasteiger partial charge in [-0.05, 0) is 38.6 Å². The minimum atomic E-state index is -3.72. The molecule has 1 aliphatic heterocycles. The molecule has 118 valence electrons. The van der Waals surface area contributed by atoms with Gasteiger partial charge in [-0.25, -0.2) is 8.42 Å². The molecule has 0 radical (unpaired) electrons. The first-order chi connectivity index (χ1) is 9.81. The SMILES string of the molecule is CNCCCCS(=O)(=O)Nc1ccc2c(c1)OC(F)(F)O2. The molecule has 1 aromatic carbocycles. The third-order valence-electron chi connectivity index (χ3n) is 2.76. The highest BCUT2D eigenvalue weighted by Crippen LogP contribution is 2.42. The zero-order valence-corrected chi connectivity index (χ0v) is 12.2. The van der Waals surface area contributed by atoms with Crippen molar-refractivity contribution in [3.05, 3.63) is 18.2 Å².